The van der Waals surface area contributed by atoms with Gasteiger partial charge >= 0.3 is 0 Å². The van der Waals surface area contributed by atoms with E-state index in [-0.39, 0.29) is 6.04 Å². The molecule has 2 aromatic heterocycles. The molecule has 0 aliphatic carbocycles. The second kappa shape index (κ2) is 5.85. The molecule has 0 bridgehead atoms. The molecule has 3 N–H and O–H groups in total. The summed E-state index contributed by atoms with van der Waals surface area (Å²) in [6.45, 7) is 2.09. The van der Waals surface area contributed by atoms with Crippen LogP contribution in [-0.2, 0) is 26.9 Å². The minimum Gasteiger partial charge on any atom is -0.275 e. The van der Waals surface area contributed by atoms with Gasteiger partial charge in [0, 0.05) is 32.3 Å². The first kappa shape index (κ1) is 14.2. The Morgan fingerprint density at radius 2 is 2.21 bits per heavy atom. The Balaban J connectivity index is 2.26. The molecule has 1 atom stereocenters. The van der Waals surface area contributed by atoms with E-state index < -0.39 is 0 Å². The Morgan fingerprint density at radius 3 is 2.68 bits per heavy atom. The van der Waals surface area contributed by atoms with E-state index in [0.717, 1.165) is 34.3 Å². The average molecular weight is 327 g/mol. The van der Waals surface area contributed by atoms with Gasteiger partial charge < -0.3 is 0 Å². The van der Waals surface area contributed by atoms with Gasteiger partial charge in [0.15, 0.2) is 0 Å². The Kier molecular flexibility index (Phi) is 4.38. The van der Waals surface area contributed by atoms with Crippen molar-refractivity contribution in [2.75, 3.05) is 0 Å². The van der Waals surface area contributed by atoms with Crippen molar-refractivity contribution in [3.8, 4) is 0 Å². The van der Waals surface area contributed by atoms with Crippen LogP contribution in [0.25, 0.3) is 0 Å². The largest absolute Gasteiger partial charge is 0.275 e. The molecule has 2 rings (SSSR count). The molecule has 0 radical (unpaired) electrons. The summed E-state index contributed by atoms with van der Waals surface area (Å²) in [6, 6.07) is 0.0186. The van der Waals surface area contributed by atoms with E-state index in [4.69, 9.17) is 5.84 Å². The minimum atomic E-state index is 0.0186. The van der Waals surface area contributed by atoms with Crippen molar-refractivity contribution in [1.29, 1.82) is 0 Å². The fourth-order valence-electron chi connectivity index (χ4n) is 2.13. The van der Waals surface area contributed by atoms with Gasteiger partial charge in [-0.1, -0.05) is 6.92 Å². The quantitative estimate of drug-likeness (QED) is 0.640. The molecular weight excluding hydrogens is 308 g/mol. The maximum atomic E-state index is 5.67. The summed E-state index contributed by atoms with van der Waals surface area (Å²) >= 11 is 3.62. The number of hydrazine groups is 1. The monoisotopic (exact) mass is 326 g/mol. The maximum Gasteiger partial charge on any atom is 0.0766 e. The third-order valence-electron chi connectivity index (χ3n) is 3.23. The van der Waals surface area contributed by atoms with Crippen LogP contribution in [0.15, 0.2) is 16.9 Å². The summed E-state index contributed by atoms with van der Waals surface area (Å²) < 4.78 is 4.75. The van der Waals surface area contributed by atoms with Crippen LogP contribution in [0.2, 0.25) is 0 Å². The summed E-state index contributed by atoms with van der Waals surface area (Å²) in [4.78, 5) is 0. The molecule has 0 saturated heterocycles. The topological polar surface area (TPSA) is 73.7 Å². The molecule has 7 heteroatoms. The van der Waals surface area contributed by atoms with Crippen LogP contribution in [0.1, 0.15) is 29.9 Å². The molecule has 2 aromatic rings. The van der Waals surface area contributed by atoms with Gasteiger partial charge in [0.05, 0.1) is 28.1 Å². The van der Waals surface area contributed by atoms with Crippen molar-refractivity contribution in [2.24, 2.45) is 19.9 Å². The average Bonchev–Trinajstić information content (AvgIpc) is 2.92. The first-order chi connectivity index (χ1) is 9.06. The molecule has 0 amide bonds. The van der Waals surface area contributed by atoms with Crippen molar-refractivity contribution < 1.29 is 0 Å². The Labute approximate surface area is 121 Å². The summed E-state index contributed by atoms with van der Waals surface area (Å²) in [5.74, 6) is 5.67. The van der Waals surface area contributed by atoms with Crippen molar-refractivity contribution in [3.05, 3.63) is 33.8 Å². The molecule has 1 unspecified atom stereocenters. The highest BCUT2D eigenvalue weighted by molar-refractivity contribution is 9.10. The lowest BCUT2D eigenvalue weighted by Crippen LogP contribution is -2.30. The molecule has 0 fully saturated rings. The zero-order valence-corrected chi connectivity index (χ0v) is 13.0. The summed E-state index contributed by atoms with van der Waals surface area (Å²) in [7, 11) is 3.85. The minimum absolute atomic E-state index is 0.0186. The maximum absolute atomic E-state index is 5.67. The summed E-state index contributed by atoms with van der Waals surface area (Å²) in [5, 5.41) is 8.68. The SMILES string of the molecule is CCc1nn(C)c(CC(NN)c2cnn(C)c2)c1Br. The Bertz CT molecular complexity index is 559. The molecule has 0 spiro atoms. The lowest BCUT2D eigenvalue weighted by molar-refractivity contribution is 0.528. The lowest BCUT2D eigenvalue weighted by Gasteiger charge is -2.14. The number of nitrogens with one attached hydrogen (secondary N) is 1. The van der Waals surface area contributed by atoms with Gasteiger partial charge in [-0.15, -0.1) is 0 Å². The van der Waals surface area contributed by atoms with Crippen LogP contribution >= 0.6 is 15.9 Å². The van der Waals surface area contributed by atoms with Crippen LogP contribution in [-0.4, -0.2) is 19.6 Å². The highest BCUT2D eigenvalue weighted by Gasteiger charge is 2.19. The first-order valence-electron chi connectivity index (χ1n) is 6.21. The van der Waals surface area contributed by atoms with Crippen molar-refractivity contribution >= 4 is 15.9 Å². The second-order valence-electron chi connectivity index (χ2n) is 4.56. The fourth-order valence-corrected chi connectivity index (χ4v) is 2.91. The van der Waals surface area contributed by atoms with Gasteiger partial charge in [-0.05, 0) is 22.4 Å². The van der Waals surface area contributed by atoms with Gasteiger partial charge in [0.1, 0.15) is 0 Å². The predicted octanol–water partition coefficient (Wildman–Crippen LogP) is 1.23. The number of aryl methyl sites for hydroxylation is 3. The summed E-state index contributed by atoms with van der Waals surface area (Å²) in [6.07, 6.45) is 5.46. The van der Waals surface area contributed by atoms with E-state index in [2.05, 4.69) is 38.5 Å². The second-order valence-corrected chi connectivity index (χ2v) is 5.35. The molecule has 2 heterocycles. The summed E-state index contributed by atoms with van der Waals surface area (Å²) in [5.41, 5.74) is 6.11. The number of nitrogens with zero attached hydrogens (tertiary/aromatic N) is 4. The number of hydrogen-bond donors (Lipinski definition) is 2. The highest BCUT2D eigenvalue weighted by Crippen LogP contribution is 2.26. The van der Waals surface area contributed by atoms with E-state index in [1.807, 2.05) is 31.2 Å². The van der Waals surface area contributed by atoms with E-state index in [1.165, 1.54) is 0 Å². The van der Waals surface area contributed by atoms with Crippen LogP contribution in [0, 0.1) is 0 Å². The third kappa shape index (κ3) is 2.88. The van der Waals surface area contributed by atoms with Crippen molar-refractivity contribution in [1.82, 2.24) is 25.0 Å². The number of halogens is 1. The van der Waals surface area contributed by atoms with Crippen LogP contribution in [0.5, 0.6) is 0 Å². The van der Waals surface area contributed by atoms with Gasteiger partial charge in [0.25, 0.3) is 0 Å². The fraction of sp³-hybridized carbons (Fsp3) is 0.500. The third-order valence-corrected chi connectivity index (χ3v) is 4.14. The number of aromatic nitrogens is 4. The van der Waals surface area contributed by atoms with Crippen LogP contribution in [0.3, 0.4) is 0 Å². The molecule has 0 aromatic carbocycles. The zero-order valence-electron chi connectivity index (χ0n) is 11.4. The number of hydrogen-bond acceptors (Lipinski definition) is 4. The first-order valence-corrected chi connectivity index (χ1v) is 7.01. The Hall–Kier alpha value is -1.18. The molecule has 0 saturated carbocycles. The van der Waals surface area contributed by atoms with Crippen molar-refractivity contribution in [3.63, 3.8) is 0 Å². The zero-order chi connectivity index (χ0) is 14.0. The number of nitrogens with two attached hydrogens (primary N) is 1. The molecular formula is C12H19BrN6. The van der Waals surface area contributed by atoms with Gasteiger partial charge in [-0.2, -0.15) is 10.2 Å². The molecule has 19 heavy (non-hydrogen) atoms. The van der Waals surface area contributed by atoms with Gasteiger partial charge in [0.2, 0.25) is 0 Å². The van der Waals surface area contributed by atoms with E-state index in [0.29, 0.717) is 0 Å². The highest BCUT2D eigenvalue weighted by atomic mass is 79.9. The van der Waals surface area contributed by atoms with Crippen LogP contribution < -0.4 is 11.3 Å². The van der Waals surface area contributed by atoms with E-state index in [1.54, 1.807) is 4.68 Å². The number of rotatable bonds is 5. The lowest BCUT2D eigenvalue weighted by atomic mass is 10.1. The molecule has 0 aliphatic heterocycles. The van der Waals surface area contributed by atoms with Crippen LogP contribution in [0.4, 0.5) is 0 Å². The Morgan fingerprint density at radius 1 is 1.47 bits per heavy atom. The normalized spacial score (nSPS) is 12.9. The van der Waals surface area contributed by atoms with E-state index >= 15 is 0 Å². The van der Waals surface area contributed by atoms with Gasteiger partial charge in [-0.3, -0.25) is 20.6 Å². The predicted molar refractivity (Wildman–Crippen MR) is 77.3 cm³/mol. The standard InChI is InChI=1S/C12H19BrN6/c1-4-9-12(13)11(19(3)17-9)5-10(16-14)8-6-15-18(2)7-8/h6-7,10,16H,4-5,14H2,1-3H3. The smallest absolute Gasteiger partial charge is 0.0766 e. The van der Waals surface area contributed by atoms with Crippen molar-refractivity contribution in [2.45, 2.75) is 25.8 Å². The molecule has 0 aliphatic rings. The van der Waals surface area contributed by atoms with E-state index in [9.17, 15) is 0 Å². The molecule has 6 nitrogen and oxygen atoms in total. The van der Waals surface area contributed by atoms with Gasteiger partial charge in [-0.25, -0.2) is 0 Å². The molecule has 104 valence electrons.